The predicted molar refractivity (Wildman–Crippen MR) is 86.1 cm³/mol. The Bertz CT molecular complexity index is 700. The van der Waals surface area contributed by atoms with Crippen LogP contribution in [0.4, 0.5) is 0 Å². The molecule has 0 radical (unpaired) electrons. The maximum atomic E-state index is 4.75. The van der Waals surface area contributed by atoms with Crippen molar-refractivity contribution in [3.63, 3.8) is 0 Å². The van der Waals surface area contributed by atoms with E-state index in [0.717, 1.165) is 33.7 Å². The van der Waals surface area contributed by atoms with Crippen LogP contribution in [0.2, 0.25) is 0 Å². The zero-order chi connectivity index (χ0) is 13.9. The molecule has 0 unspecified atom stereocenters. The van der Waals surface area contributed by atoms with E-state index < -0.39 is 0 Å². The Morgan fingerprint density at radius 3 is 2.35 bits per heavy atom. The average molecular weight is 327 g/mol. The number of hydrogen-bond acceptors (Lipinski definition) is 1. The van der Waals surface area contributed by atoms with E-state index in [1.807, 2.05) is 18.2 Å². The highest BCUT2D eigenvalue weighted by atomic mass is 79.9. The normalized spacial score (nSPS) is 10.7. The molecule has 0 aliphatic rings. The fraction of sp³-hybridized carbons (Fsp3) is 0.118. The molecule has 0 aliphatic heterocycles. The van der Waals surface area contributed by atoms with Crippen molar-refractivity contribution in [2.75, 3.05) is 0 Å². The summed E-state index contributed by atoms with van der Waals surface area (Å²) in [5.41, 5.74) is 3.36. The van der Waals surface area contributed by atoms with Gasteiger partial charge in [-0.3, -0.25) is 4.57 Å². The molecule has 0 atom stereocenters. The topological polar surface area (TPSA) is 17.8 Å². The number of nitrogens with zero attached hydrogens (tertiary/aromatic N) is 2. The van der Waals surface area contributed by atoms with Crippen molar-refractivity contribution in [2.24, 2.45) is 0 Å². The van der Waals surface area contributed by atoms with Crippen molar-refractivity contribution in [2.45, 2.75) is 13.3 Å². The Balaban J connectivity index is 2.15. The molecular weight excluding hydrogens is 312 g/mol. The van der Waals surface area contributed by atoms with E-state index in [2.05, 4.69) is 70.0 Å². The number of benzene rings is 2. The maximum Gasteiger partial charge on any atom is 0.144 e. The van der Waals surface area contributed by atoms with Crippen LogP contribution in [0.3, 0.4) is 0 Å². The molecular formula is C17H15BrN2. The van der Waals surface area contributed by atoms with E-state index in [9.17, 15) is 0 Å². The molecule has 0 N–H and O–H groups in total. The highest BCUT2D eigenvalue weighted by Crippen LogP contribution is 2.24. The summed E-state index contributed by atoms with van der Waals surface area (Å²) in [6, 6.07) is 18.6. The molecule has 3 aromatic rings. The van der Waals surface area contributed by atoms with Crippen LogP contribution >= 0.6 is 15.9 Å². The van der Waals surface area contributed by atoms with Gasteiger partial charge in [0.25, 0.3) is 0 Å². The summed E-state index contributed by atoms with van der Waals surface area (Å²) in [7, 11) is 0. The van der Waals surface area contributed by atoms with Gasteiger partial charge < -0.3 is 0 Å². The zero-order valence-corrected chi connectivity index (χ0v) is 12.8. The summed E-state index contributed by atoms with van der Waals surface area (Å²) in [4.78, 5) is 4.75. The first-order valence-corrected chi connectivity index (χ1v) is 7.47. The van der Waals surface area contributed by atoms with Crippen LogP contribution in [0.15, 0.2) is 65.3 Å². The second-order valence-electron chi connectivity index (χ2n) is 4.62. The van der Waals surface area contributed by atoms with E-state index in [-0.39, 0.29) is 0 Å². The third-order valence-corrected chi connectivity index (χ3v) is 3.78. The van der Waals surface area contributed by atoms with Gasteiger partial charge in [-0.15, -0.1) is 0 Å². The van der Waals surface area contributed by atoms with Gasteiger partial charge in [0, 0.05) is 21.9 Å². The molecule has 0 spiro atoms. The lowest BCUT2D eigenvalue weighted by Crippen LogP contribution is -1.95. The Morgan fingerprint density at radius 1 is 1.00 bits per heavy atom. The van der Waals surface area contributed by atoms with Crippen LogP contribution in [0.5, 0.6) is 0 Å². The summed E-state index contributed by atoms with van der Waals surface area (Å²) in [6.07, 6.45) is 3.05. The minimum Gasteiger partial charge on any atom is -0.300 e. The molecule has 0 saturated carbocycles. The summed E-state index contributed by atoms with van der Waals surface area (Å²) in [5.74, 6) is 0.991. The molecule has 0 amide bonds. The van der Waals surface area contributed by atoms with Gasteiger partial charge in [-0.25, -0.2) is 4.98 Å². The second-order valence-corrected chi connectivity index (χ2v) is 5.54. The van der Waals surface area contributed by atoms with Gasteiger partial charge in [0.2, 0.25) is 0 Å². The minimum absolute atomic E-state index is 0.934. The first-order valence-electron chi connectivity index (χ1n) is 6.67. The van der Waals surface area contributed by atoms with Crippen LogP contribution in [-0.2, 0) is 6.42 Å². The predicted octanol–water partition coefficient (Wildman–Crippen LogP) is 4.86. The minimum atomic E-state index is 0.934. The van der Waals surface area contributed by atoms with Gasteiger partial charge in [-0.2, -0.15) is 0 Å². The van der Waals surface area contributed by atoms with Gasteiger partial charge in [-0.05, 0) is 30.7 Å². The average Bonchev–Trinajstić information content (AvgIpc) is 2.93. The first kappa shape index (κ1) is 13.1. The molecule has 100 valence electrons. The summed E-state index contributed by atoms with van der Waals surface area (Å²) in [6.45, 7) is 2.13. The number of aryl methyl sites for hydroxylation is 1. The molecule has 20 heavy (non-hydrogen) atoms. The van der Waals surface area contributed by atoms with Crippen molar-refractivity contribution in [3.05, 3.63) is 71.0 Å². The van der Waals surface area contributed by atoms with E-state index in [1.54, 1.807) is 0 Å². The molecule has 0 aliphatic carbocycles. The van der Waals surface area contributed by atoms with Crippen LogP contribution in [0.25, 0.3) is 17.1 Å². The van der Waals surface area contributed by atoms with Gasteiger partial charge in [0.1, 0.15) is 5.82 Å². The lowest BCUT2D eigenvalue weighted by molar-refractivity contribution is 1.06. The van der Waals surface area contributed by atoms with E-state index in [4.69, 9.17) is 4.98 Å². The SMILES string of the molecule is CCc1cn(-c2ccc(Br)cc2)c(-c2ccccc2)n1. The third-order valence-electron chi connectivity index (χ3n) is 3.25. The summed E-state index contributed by atoms with van der Waals surface area (Å²) in [5, 5.41) is 0. The summed E-state index contributed by atoms with van der Waals surface area (Å²) < 4.78 is 3.24. The number of imidazole rings is 1. The fourth-order valence-electron chi connectivity index (χ4n) is 2.19. The van der Waals surface area contributed by atoms with Crippen molar-refractivity contribution < 1.29 is 0 Å². The second kappa shape index (κ2) is 5.63. The smallest absolute Gasteiger partial charge is 0.144 e. The Morgan fingerprint density at radius 2 is 1.70 bits per heavy atom. The molecule has 2 aromatic carbocycles. The van der Waals surface area contributed by atoms with Crippen molar-refractivity contribution in [1.82, 2.24) is 9.55 Å². The molecule has 1 heterocycles. The molecule has 0 bridgehead atoms. The molecule has 3 heteroatoms. The van der Waals surface area contributed by atoms with Crippen LogP contribution in [0, 0.1) is 0 Å². The Hall–Kier alpha value is -1.87. The van der Waals surface area contributed by atoms with Crippen LogP contribution < -0.4 is 0 Å². The molecule has 0 saturated heterocycles. The fourth-order valence-corrected chi connectivity index (χ4v) is 2.45. The van der Waals surface area contributed by atoms with Gasteiger partial charge in [0.15, 0.2) is 0 Å². The number of halogens is 1. The highest BCUT2D eigenvalue weighted by Gasteiger charge is 2.10. The van der Waals surface area contributed by atoms with Gasteiger partial charge in [-0.1, -0.05) is 53.2 Å². The zero-order valence-electron chi connectivity index (χ0n) is 11.3. The number of aromatic nitrogens is 2. The van der Waals surface area contributed by atoms with E-state index >= 15 is 0 Å². The Kier molecular flexibility index (Phi) is 3.70. The number of rotatable bonds is 3. The van der Waals surface area contributed by atoms with Gasteiger partial charge >= 0.3 is 0 Å². The van der Waals surface area contributed by atoms with Crippen LogP contribution in [0.1, 0.15) is 12.6 Å². The first-order chi connectivity index (χ1) is 9.78. The maximum absolute atomic E-state index is 4.75. The van der Waals surface area contributed by atoms with E-state index in [1.165, 1.54) is 0 Å². The molecule has 2 nitrogen and oxygen atoms in total. The van der Waals surface area contributed by atoms with E-state index in [0.29, 0.717) is 0 Å². The monoisotopic (exact) mass is 326 g/mol. The lowest BCUT2D eigenvalue weighted by atomic mass is 10.2. The van der Waals surface area contributed by atoms with Crippen molar-refractivity contribution in [3.8, 4) is 17.1 Å². The summed E-state index contributed by atoms with van der Waals surface area (Å²) >= 11 is 3.48. The standard InChI is InChI=1S/C17H15BrN2/c1-2-15-12-20(16-10-8-14(18)9-11-16)17(19-15)13-6-4-3-5-7-13/h3-12H,2H2,1H3. The van der Waals surface area contributed by atoms with Crippen molar-refractivity contribution in [1.29, 1.82) is 0 Å². The Labute approximate surface area is 127 Å². The van der Waals surface area contributed by atoms with Gasteiger partial charge in [0.05, 0.1) is 5.69 Å². The molecule has 3 rings (SSSR count). The molecule has 0 fully saturated rings. The third kappa shape index (κ3) is 2.54. The van der Waals surface area contributed by atoms with Crippen molar-refractivity contribution >= 4 is 15.9 Å². The van der Waals surface area contributed by atoms with Crippen LogP contribution in [-0.4, -0.2) is 9.55 Å². The largest absolute Gasteiger partial charge is 0.300 e. The number of hydrogen-bond donors (Lipinski definition) is 0. The molecule has 1 aromatic heterocycles. The quantitative estimate of drug-likeness (QED) is 0.671. The highest BCUT2D eigenvalue weighted by molar-refractivity contribution is 9.10. The lowest BCUT2D eigenvalue weighted by Gasteiger charge is -2.07.